The summed E-state index contributed by atoms with van der Waals surface area (Å²) in [6.07, 6.45) is 4.60. The number of Topliss-reactive ketones (excluding diaryl/α,β-unsaturated/α-hetero) is 1. The SMILES string of the molecule is CCCCCOc1ccc(C2C(C(=O)c3sc(C)nc3C)=C(O)C(=O)N2Cc2ccco2)cc1OC. The lowest BCUT2D eigenvalue weighted by Crippen LogP contribution is -2.30. The number of aromatic nitrogens is 1. The van der Waals surface area contributed by atoms with Gasteiger partial charge in [0.2, 0.25) is 5.78 Å². The highest BCUT2D eigenvalue weighted by molar-refractivity contribution is 7.14. The molecule has 1 aliphatic rings. The van der Waals surface area contributed by atoms with Gasteiger partial charge in [-0.25, -0.2) is 4.98 Å². The topological polar surface area (TPSA) is 102 Å². The number of aryl methyl sites for hydroxylation is 2. The van der Waals surface area contributed by atoms with Crippen LogP contribution in [-0.4, -0.2) is 40.4 Å². The van der Waals surface area contributed by atoms with Crippen molar-refractivity contribution in [3.8, 4) is 11.5 Å². The van der Waals surface area contributed by atoms with Crippen LogP contribution in [0.15, 0.2) is 52.3 Å². The monoisotopic (exact) mass is 510 g/mol. The Kier molecular flexibility index (Phi) is 7.79. The van der Waals surface area contributed by atoms with Gasteiger partial charge < -0.3 is 23.9 Å². The van der Waals surface area contributed by atoms with Crippen LogP contribution in [0.3, 0.4) is 0 Å². The number of unbranched alkanes of at least 4 members (excludes halogenated alkanes) is 2. The van der Waals surface area contributed by atoms with Gasteiger partial charge >= 0.3 is 0 Å². The number of nitrogens with zero attached hydrogens (tertiary/aromatic N) is 2. The molecule has 1 N–H and O–H groups in total. The number of furan rings is 1. The predicted octanol–water partition coefficient (Wildman–Crippen LogP) is 5.71. The van der Waals surface area contributed by atoms with E-state index in [0.717, 1.165) is 24.3 Å². The fraction of sp³-hybridized carbons (Fsp3) is 0.370. The van der Waals surface area contributed by atoms with Gasteiger partial charge in [-0.2, -0.15) is 0 Å². The molecular weight excluding hydrogens is 480 g/mol. The van der Waals surface area contributed by atoms with E-state index in [1.54, 1.807) is 44.4 Å². The average Bonchev–Trinajstić information content (AvgIpc) is 3.56. The van der Waals surface area contributed by atoms with E-state index in [1.807, 2.05) is 6.92 Å². The molecule has 0 radical (unpaired) electrons. The molecule has 1 aromatic carbocycles. The standard InChI is InChI=1S/C27H30N2O6S/c1-5-6-7-12-35-20-11-10-18(14-21(20)33-4)23-22(24(30)26-16(2)28-17(3)36-26)25(31)27(32)29(23)15-19-9-8-13-34-19/h8-11,13-14,23,31H,5-7,12,15H2,1-4H3. The molecule has 4 rings (SSSR count). The van der Waals surface area contributed by atoms with Crippen molar-refractivity contribution < 1.29 is 28.6 Å². The van der Waals surface area contributed by atoms with E-state index in [1.165, 1.54) is 22.5 Å². The maximum atomic E-state index is 13.7. The first-order valence-corrected chi connectivity index (χ1v) is 12.7. The lowest BCUT2D eigenvalue weighted by atomic mass is 9.94. The van der Waals surface area contributed by atoms with Crippen LogP contribution >= 0.6 is 11.3 Å². The second-order valence-electron chi connectivity index (χ2n) is 8.62. The van der Waals surface area contributed by atoms with Gasteiger partial charge in [0.1, 0.15) is 5.76 Å². The second-order valence-corrected chi connectivity index (χ2v) is 9.82. The Labute approximate surface area is 214 Å². The van der Waals surface area contributed by atoms with E-state index in [2.05, 4.69) is 11.9 Å². The van der Waals surface area contributed by atoms with Gasteiger partial charge in [-0.1, -0.05) is 25.8 Å². The molecule has 0 spiro atoms. The minimum absolute atomic E-state index is 0.0111. The first-order chi connectivity index (χ1) is 17.3. The van der Waals surface area contributed by atoms with Crippen molar-refractivity contribution in [3.05, 3.63) is 74.8 Å². The van der Waals surface area contributed by atoms with Crippen LogP contribution in [0.1, 0.15) is 63.9 Å². The minimum Gasteiger partial charge on any atom is -0.503 e. The molecule has 3 heterocycles. The summed E-state index contributed by atoms with van der Waals surface area (Å²) in [5.41, 5.74) is 1.18. The number of amides is 1. The van der Waals surface area contributed by atoms with E-state index in [-0.39, 0.29) is 12.1 Å². The van der Waals surface area contributed by atoms with Gasteiger partial charge in [-0.05, 0) is 50.1 Å². The summed E-state index contributed by atoms with van der Waals surface area (Å²) in [4.78, 5) is 33.1. The van der Waals surface area contributed by atoms with E-state index in [0.29, 0.717) is 40.0 Å². The number of hydrogen-bond acceptors (Lipinski definition) is 8. The molecule has 1 aliphatic heterocycles. The van der Waals surface area contributed by atoms with Gasteiger partial charge in [0.25, 0.3) is 5.91 Å². The van der Waals surface area contributed by atoms with Gasteiger partial charge in [-0.15, -0.1) is 11.3 Å². The number of rotatable bonds is 11. The van der Waals surface area contributed by atoms with Crippen molar-refractivity contribution in [2.24, 2.45) is 0 Å². The third kappa shape index (κ3) is 5.02. The van der Waals surface area contributed by atoms with Gasteiger partial charge in [0.05, 0.1) is 53.7 Å². The Morgan fingerprint density at radius 3 is 2.67 bits per heavy atom. The second kappa shape index (κ2) is 11.0. The molecule has 0 saturated heterocycles. The molecule has 3 aromatic rings. The van der Waals surface area contributed by atoms with E-state index in [9.17, 15) is 14.7 Å². The number of aliphatic hydroxyl groups excluding tert-OH is 1. The van der Waals surface area contributed by atoms with Gasteiger partial charge in [0.15, 0.2) is 17.3 Å². The number of hydrogen-bond donors (Lipinski definition) is 1. The molecule has 1 unspecified atom stereocenters. The third-order valence-corrected chi connectivity index (χ3v) is 7.14. The van der Waals surface area contributed by atoms with Crippen LogP contribution < -0.4 is 9.47 Å². The Balaban J connectivity index is 1.75. The molecule has 0 bridgehead atoms. The summed E-state index contributed by atoms with van der Waals surface area (Å²) in [7, 11) is 1.54. The molecule has 9 heteroatoms. The highest BCUT2D eigenvalue weighted by Crippen LogP contribution is 2.43. The quantitative estimate of drug-likeness (QED) is 0.260. The van der Waals surface area contributed by atoms with Crippen LogP contribution in [-0.2, 0) is 11.3 Å². The maximum Gasteiger partial charge on any atom is 0.290 e. The third-order valence-electron chi connectivity index (χ3n) is 6.07. The Morgan fingerprint density at radius 1 is 1.22 bits per heavy atom. The normalized spacial score (nSPS) is 15.6. The van der Waals surface area contributed by atoms with Gasteiger partial charge in [-0.3, -0.25) is 9.59 Å². The molecular formula is C27H30N2O6S. The molecule has 8 nitrogen and oxygen atoms in total. The van der Waals surface area contributed by atoms with Crippen LogP contribution in [0, 0.1) is 13.8 Å². The van der Waals surface area contributed by atoms with E-state index >= 15 is 0 Å². The number of aliphatic hydroxyl groups is 1. The summed E-state index contributed by atoms with van der Waals surface area (Å²) in [6.45, 7) is 6.32. The van der Waals surface area contributed by atoms with Crippen LogP contribution in [0.4, 0.5) is 0 Å². The zero-order valence-corrected chi connectivity index (χ0v) is 21.7. The van der Waals surface area contributed by atoms with E-state index < -0.39 is 23.5 Å². The number of ketones is 1. The maximum absolute atomic E-state index is 13.7. The number of carbonyl (C=O) groups is 2. The molecule has 1 atom stereocenters. The van der Waals surface area contributed by atoms with E-state index in [4.69, 9.17) is 13.9 Å². The van der Waals surface area contributed by atoms with Gasteiger partial charge in [0, 0.05) is 0 Å². The zero-order valence-electron chi connectivity index (χ0n) is 20.9. The Bertz CT molecular complexity index is 1280. The average molecular weight is 511 g/mol. The number of benzene rings is 1. The largest absolute Gasteiger partial charge is 0.503 e. The number of ether oxygens (including phenoxy) is 2. The smallest absolute Gasteiger partial charge is 0.290 e. The predicted molar refractivity (Wildman–Crippen MR) is 136 cm³/mol. The summed E-state index contributed by atoms with van der Waals surface area (Å²) in [6, 6.07) is 7.93. The molecule has 0 aliphatic carbocycles. The highest BCUT2D eigenvalue weighted by Gasteiger charge is 2.45. The fourth-order valence-corrected chi connectivity index (χ4v) is 5.21. The molecule has 0 saturated carbocycles. The first-order valence-electron chi connectivity index (χ1n) is 11.9. The van der Waals surface area contributed by atoms with Crippen molar-refractivity contribution in [1.29, 1.82) is 0 Å². The van der Waals surface area contributed by atoms with Crippen molar-refractivity contribution in [2.45, 2.75) is 52.6 Å². The van der Waals surface area contributed by atoms with Crippen LogP contribution in [0.25, 0.3) is 0 Å². The molecule has 1 amide bonds. The summed E-state index contributed by atoms with van der Waals surface area (Å²) in [5, 5.41) is 11.7. The number of carbonyl (C=O) groups excluding carboxylic acids is 2. The molecule has 190 valence electrons. The number of methoxy groups -OCH3 is 1. The lowest BCUT2D eigenvalue weighted by molar-refractivity contribution is -0.130. The van der Waals surface area contributed by atoms with Crippen molar-refractivity contribution in [2.75, 3.05) is 13.7 Å². The van der Waals surface area contributed by atoms with Crippen LogP contribution in [0.2, 0.25) is 0 Å². The fourth-order valence-electron chi connectivity index (χ4n) is 4.34. The number of thiazole rings is 1. The Hall–Kier alpha value is -3.59. The molecule has 0 fully saturated rings. The van der Waals surface area contributed by atoms with Crippen LogP contribution in [0.5, 0.6) is 11.5 Å². The van der Waals surface area contributed by atoms with Crippen molar-refractivity contribution in [3.63, 3.8) is 0 Å². The zero-order chi connectivity index (χ0) is 25.8. The summed E-state index contributed by atoms with van der Waals surface area (Å²) in [5.74, 6) is -0.0395. The molecule has 2 aromatic heterocycles. The lowest BCUT2D eigenvalue weighted by Gasteiger charge is -2.26. The molecule has 36 heavy (non-hydrogen) atoms. The summed E-state index contributed by atoms with van der Waals surface area (Å²) >= 11 is 1.24. The Morgan fingerprint density at radius 2 is 2.03 bits per heavy atom. The van der Waals surface area contributed by atoms with Crippen molar-refractivity contribution in [1.82, 2.24) is 9.88 Å². The van der Waals surface area contributed by atoms with Crippen molar-refractivity contribution >= 4 is 23.0 Å². The first kappa shape index (κ1) is 25.5. The summed E-state index contributed by atoms with van der Waals surface area (Å²) < 4.78 is 17.0. The minimum atomic E-state index is -0.847. The highest BCUT2D eigenvalue weighted by atomic mass is 32.1.